The van der Waals surface area contributed by atoms with E-state index in [0.717, 1.165) is 36.1 Å². The predicted molar refractivity (Wildman–Crippen MR) is 136 cm³/mol. The third-order valence-corrected chi connectivity index (χ3v) is 6.65. The molecule has 184 valence electrons. The van der Waals surface area contributed by atoms with Gasteiger partial charge in [0, 0.05) is 74.2 Å². The number of nitrogens with zero attached hydrogens (tertiary/aromatic N) is 3. The highest BCUT2D eigenvalue weighted by molar-refractivity contribution is 5.98. The number of carbonyl (C=O) groups is 2. The molecule has 8 heteroatoms. The van der Waals surface area contributed by atoms with Gasteiger partial charge < -0.3 is 15.2 Å². The number of nitrogens with one attached hydrogen (secondary N) is 2. The van der Waals surface area contributed by atoms with Crippen LogP contribution in [-0.2, 0) is 17.8 Å². The first-order chi connectivity index (χ1) is 17.6. The van der Waals surface area contributed by atoms with Crippen LogP contribution in [0, 0.1) is 5.82 Å². The standard InChI is InChI=1S/C28H28FN5O2/c29-23-7-5-21(6-8-23)27(35)32-26(17-22-18-31-25-4-2-1-3-24(22)25)28(36)34-15-13-33(14-16-34)19-20-9-11-30-12-10-20/h1-12,18,26,31H,13-17,19H2,(H,32,35). The molecule has 1 fully saturated rings. The minimum absolute atomic E-state index is 0.112. The summed E-state index contributed by atoms with van der Waals surface area (Å²) in [6.07, 6.45) is 5.82. The molecule has 4 aromatic rings. The van der Waals surface area contributed by atoms with Crippen LogP contribution in [0.2, 0.25) is 0 Å². The van der Waals surface area contributed by atoms with Crippen LogP contribution < -0.4 is 5.32 Å². The van der Waals surface area contributed by atoms with Gasteiger partial charge >= 0.3 is 0 Å². The summed E-state index contributed by atoms with van der Waals surface area (Å²) in [5.74, 6) is -0.925. The molecule has 3 heterocycles. The quantitative estimate of drug-likeness (QED) is 0.421. The minimum Gasteiger partial charge on any atom is -0.361 e. The zero-order valence-electron chi connectivity index (χ0n) is 19.9. The van der Waals surface area contributed by atoms with Gasteiger partial charge in [-0.3, -0.25) is 19.5 Å². The number of carbonyl (C=O) groups excluding carboxylic acids is 2. The summed E-state index contributed by atoms with van der Waals surface area (Å²) < 4.78 is 13.4. The van der Waals surface area contributed by atoms with Crippen LogP contribution in [-0.4, -0.2) is 63.8 Å². The van der Waals surface area contributed by atoms with Crippen molar-refractivity contribution in [1.82, 2.24) is 25.1 Å². The van der Waals surface area contributed by atoms with Crippen LogP contribution >= 0.6 is 0 Å². The molecule has 7 nitrogen and oxygen atoms in total. The highest BCUT2D eigenvalue weighted by Crippen LogP contribution is 2.20. The lowest BCUT2D eigenvalue weighted by Crippen LogP contribution is -2.55. The first kappa shape index (κ1) is 23.7. The molecule has 1 atom stereocenters. The molecular formula is C28H28FN5O2. The SMILES string of the molecule is O=C(NC(Cc1c[nH]c2ccccc12)C(=O)N1CCN(Cc2ccncc2)CC1)c1ccc(F)cc1. The van der Waals surface area contributed by atoms with Gasteiger partial charge in [0.25, 0.3) is 5.91 Å². The first-order valence-corrected chi connectivity index (χ1v) is 12.1. The molecule has 1 unspecified atom stereocenters. The van der Waals surface area contributed by atoms with E-state index in [1.54, 1.807) is 12.4 Å². The Bertz CT molecular complexity index is 1330. The number of pyridine rings is 1. The highest BCUT2D eigenvalue weighted by Gasteiger charge is 2.30. The summed E-state index contributed by atoms with van der Waals surface area (Å²) in [5.41, 5.74) is 3.44. The van der Waals surface area contributed by atoms with Crippen molar-refractivity contribution < 1.29 is 14.0 Å². The van der Waals surface area contributed by atoms with Crippen molar-refractivity contribution in [2.45, 2.75) is 19.0 Å². The lowest BCUT2D eigenvalue weighted by atomic mass is 10.0. The van der Waals surface area contributed by atoms with Gasteiger partial charge in [-0.25, -0.2) is 4.39 Å². The van der Waals surface area contributed by atoms with Gasteiger partial charge in [0.15, 0.2) is 0 Å². The summed E-state index contributed by atoms with van der Waals surface area (Å²) >= 11 is 0. The first-order valence-electron chi connectivity index (χ1n) is 12.1. The molecule has 1 aliphatic rings. The van der Waals surface area contributed by atoms with E-state index in [-0.39, 0.29) is 5.91 Å². The second-order valence-corrected chi connectivity index (χ2v) is 9.05. The van der Waals surface area contributed by atoms with E-state index in [2.05, 4.69) is 20.2 Å². The maximum Gasteiger partial charge on any atom is 0.251 e. The number of rotatable bonds is 7. The number of para-hydroxylation sites is 1. The molecule has 1 saturated heterocycles. The summed E-state index contributed by atoms with van der Waals surface area (Å²) in [4.78, 5) is 38.1. The third kappa shape index (κ3) is 5.44. The average molecular weight is 486 g/mol. The van der Waals surface area contributed by atoms with Gasteiger partial charge in [0.2, 0.25) is 5.91 Å². The largest absolute Gasteiger partial charge is 0.361 e. The Morgan fingerprint density at radius 2 is 1.69 bits per heavy atom. The van der Waals surface area contributed by atoms with Crippen molar-refractivity contribution in [2.75, 3.05) is 26.2 Å². The molecule has 5 rings (SSSR count). The summed E-state index contributed by atoms with van der Waals surface area (Å²) in [6, 6.07) is 16.5. The van der Waals surface area contributed by atoms with Gasteiger partial charge in [-0.15, -0.1) is 0 Å². The molecule has 2 amide bonds. The average Bonchev–Trinajstić information content (AvgIpc) is 3.32. The summed E-state index contributed by atoms with van der Waals surface area (Å²) in [6.45, 7) is 3.48. The molecule has 2 aromatic heterocycles. The van der Waals surface area contributed by atoms with Crippen LogP contribution in [0.5, 0.6) is 0 Å². The normalized spacial score (nSPS) is 15.1. The Morgan fingerprint density at radius 3 is 2.44 bits per heavy atom. The number of benzene rings is 2. The topological polar surface area (TPSA) is 81.3 Å². The van der Waals surface area contributed by atoms with Crippen molar-refractivity contribution in [1.29, 1.82) is 0 Å². The van der Waals surface area contributed by atoms with E-state index in [1.807, 2.05) is 47.5 Å². The van der Waals surface area contributed by atoms with E-state index in [4.69, 9.17) is 0 Å². The van der Waals surface area contributed by atoms with Gasteiger partial charge in [-0.05, 0) is 53.6 Å². The third-order valence-electron chi connectivity index (χ3n) is 6.65. The molecule has 0 spiro atoms. The smallest absolute Gasteiger partial charge is 0.251 e. The van der Waals surface area contributed by atoms with E-state index in [9.17, 15) is 14.0 Å². The van der Waals surface area contributed by atoms with Gasteiger partial charge in [0.05, 0.1) is 0 Å². The van der Waals surface area contributed by atoms with E-state index < -0.39 is 17.8 Å². The second kappa shape index (κ2) is 10.7. The molecule has 0 radical (unpaired) electrons. The van der Waals surface area contributed by atoms with Gasteiger partial charge in [-0.2, -0.15) is 0 Å². The maximum absolute atomic E-state index is 13.7. The van der Waals surface area contributed by atoms with Crippen molar-refractivity contribution in [3.05, 3.63) is 102 Å². The van der Waals surface area contributed by atoms with Crippen molar-refractivity contribution in [2.24, 2.45) is 0 Å². The molecular weight excluding hydrogens is 457 g/mol. The Balaban J connectivity index is 1.30. The number of halogens is 1. The Kier molecular flexibility index (Phi) is 7.04. The Hall–Kier alpha value is -4.04. The lowest BCUT2D eigenvalue weighted by Gasteiger charge is -2.36. The van der Waals surface area contributed by atoms with Crippen molar-refractivity contribution >= 4 is 22.7 Å². The fourth-order valence-corrected chi connectivity index (χ4v) is 4.66. The lowest BCUT2D eigenvalue weighted by molar-refractivity contribution is -0.135. The number of aromatic nitrogens is 2. The molecule has 1 aliphatic heterocycles. The Morgan fingerprint density at radius 1 is 0.972 bits per heavy atom. The van der Waals surface area contributed by atoms with Crippen LogP contribution in [0.3, 0.4) is 0 Å². The zero-order chi connectivity index (χ0) is 24.9. The number of H-pyrrole nitrogens is 1. The highest BCUT2D eigenvalue weighted by atomic mass is 19.1. The summed E-state index contributed by atoms with van der Waals surface area (Å²) in [5, 5.41) is 3.94. The fourth-order valence-electron chi connectivity index (χ4n) is 4.66. The summed E-state index contributed by atoms with van der Waals surface area (Å²) in [7, 11) is 0. The monoisotopic (exact) mass is 485 g/mol. The number of amides is 2. The number of hydrogen-bond donors (Lipinski definition) is 2. The van der Waals surface area contributed by atoms with Crippen molar-refractivity contribution in [3.8, 4) is 0 Å². The van der Waals surface area contributed by atoms with E-state index in [0.29, 0.717) is 25.1 Å². The van der Waals surface area contributed by atoms with Crippen LogP contribution in [0.4, 0.5) is 4.39 Å². The van der Waals surface area contributed by atoms with Gasteiger partial charge in [0.1, 0.15) is 11.9 Å². The predicted octanol–water partition coefficient (Wildman–Crippen LogP) is 3.39. The fraction of sp³-hybridized carbons (Fsp3) is 0.250. The van der Waals surface area contributed by atoms with Crippen LogP contribution in [0.1, 0.15) is 21.5 Å². The molecule has 2 aromatic carbocycles. The van der Waals surface area contributed by atoms with E-state index in [1.165, 1.54) is 29.8 Å². The second-order valence-electron chi connectivity index (χ2n) is 9.05. The maximum atomic E-state index is 13.7. The minimum atomic E-state index is -0.742. The molecule has 2 N–H and O–H groups in total. The number of hydrogen-bond acceptors (Lipinski definition) is 4. The number of aromatic amines is 1. The molecule has 36 heavy (non-hydrogen) atoms. The number of piperazine rings is 1. The number of fused-ring (bicyclic) bond motifs is 1. The Labute approximate surface area is 208 Å². The molecule has 0 bridgehead atoms. The zero-order valence-corrected chi connectivity index (χ0v) is 19.9. The van der Waals surface area contributed by atoms with Crippen molar-refractivity contribution in [3.63, 3.8) is 0 Å². The molecule has 0 saturated carbocycles. The van der Waals surface area contributed by atoms with E-state index >= 15 is 0 Å². The van der Waals surface area contributed by atoms with Crippen LogP contribution in [0.25, 0.3) is 10.9 Å². The molecule has 0 aliphatic carbocycles. The van der Waals surface area contributed by atoms with Crippen LogP contribution in [0.15, 0.2) is 79.3 Å². The van der Waals surface area contributed by atoms with Gasteiger partial charge in [-0.1, -0.05) is 18.2 Å².